The summed E-state index contributed by atoms with van der Waals surface area (Å²) in [5.74, 6) is 3.30. The summed E-state index contributed by atoms with van der Waals surface area (Å²) in [4.78, 5) is 4.52. The summed E-state index contributed by atoms with van der Waals surface area (Å²) in [6, 6.07) is 0.777. The van der Waals surface area contributed by atoms with Gasteiger partial charge in [0.1, 0.15) is 0 Å². The maximum atomic E-state index is 4.52. The molecule has 1 aliphatic heterocycles. The van der Waals surface area contributed by atoms with E-state index in [1.807, 2.05) is 0 Å². The van der Waals surface area contributed by atoms with E-state index < -0.39 is 0 Å². The third-order valence-corrected chi connectivity index (χ3v) is 4.27. The Kier molecular flexibility index (Phi) is 2.22. The Hall–Kier alpha value is -0.530. The van der Waals surface area contributed by atoms with E-state index in [0.29, 0.717) is 0 Å². The number of rotatable bonds is 1. The van der Waals surface area contributed by atoms with Gasteiger partial charge in [0, 0.05) is 19.0 Å². The molecule has 0 aromatic carbocycles. The molecule has 3 fully saturated rings. The van der Waals surface area contributed by atoms with E-state index in [1.165, 1.54) is 50.8 Å². The molecule has 14 heavy (non-hydrogen) atoms. The van der Waals surface area contributed by atoms with Crippen LogP contribution in [0.15, 0.2) is 4.99 Å². The van der Waals surface area contributed by atoms with Crippen LogP contribution in [0, 0.1) is 11.8 Å². The first-order valence-electron chi connectivity index (χ1n) is 6.21. The molecule has 3 saturated carbocycles. The Morgan fingerprint density at radius 2 is 2.00 bits per heavy atom. The Labute approximate surface area is 86.2 Å². The van der Waals surface area contributed by atoms with E-state index in [0.717, 1.165) is 24.4 Å². The highest BCUT2D eigenvalue weighted by Gasteiger charge is 2.35. The second kappa shape index (κ2) is 3.56. The molecule has 2 nitrogen and oxygen atoms in total. The minimum absolute atomic E-state index is 0.777. The number of hydrogen-bond acceptors (Lipinski definition) is 2. The lowest BCUT2D eigenvalue weighted by Gasteiger charge is -2.43. The first-order chi connectivity index (χ1) is 6.92. The van der Waals surface area contributed by atoms with Crippen molar-refractivity contribution < 1.29 is 0 Å². The van der Waals surface area contributed by atoms with Crippen molar-refractivity contribution >= 4 is 5.84 Å². The zero-order valence-electron chi connectivity index (χ0n) is 8.84. The quantitative estimate of drug-likeness (QED) is 0.677. The van der Waals surface area contributed by atoms with Gasteiger partial charge in [0.25, 0.3) is 0 Å². The van der Waals surface area contributed by atoms with E-state index in [2.05, 4.69) is 10.3 Å². The molecule has 4 rings (SSSR count). The zero-order chi connectivity index (χ0) is 9.38. The number of nitrogens with one attached hydrogen (secondary N) is 1. The van der Waals surface area contributed by atoms with Gasteiger partial charge in [0.05, 0.1) is 5.84 Å². The Morgan fingerprint density at radius 3 is 2.57 bits per heavy atom. The minimum atomic E-state index is 0.777. The Bertz CT molecular complexity index is 239. The van der Waals surface area contributed by atoms with Gasteiger partial charge >= 0.3 is 0 Å². The van der Waals surface area contributed by atoms with E-state index in [4.69, 9.17) is 0 Å². The fourth-order valence-electron chi connectivity index (χ4n) is 3.43. The third-order valence-electron chi connectivity index (χ3n) is 4.27. The maximum absolute atomic E-state index is 4.52. The van der Waals surface area contributed by atoms with Crippen molar-refractivity contribution in [1.29, 1.82) is 0 Å². The SMILES string of the molecule is C1CN=C(NC2CC3CCC2CC3)C1. The fraction of sp³-hybridized carbons (Fsp3) is 0.917. The van der Waals surface area contributed by atoms with Gasteiger partial charge in [-0.2, -0.15) is 0 Å². The van der Waals surface area contributed by atoms with Gasteiger partial charge in [0.2, 0.25) is 0 Å². The molecule has 0 amide bonds. The van der Waals surface area contributed by atoms with Crippen molar-refractivity contribution in [2.45, 2.75) is 51.0 Å². The highest BCUT2D eigenvalue weighted by atomic mass is 15.0. The lowest BCUT2D eigenvalue weighted by molar-refractivity contribution is 0.136. The van der Waals surface area contributed by atoms with Gasteiger partial charge < -0.3 is 5.32 Å². The van der Waals surface area contributed by atoms with E-state index in [9.17, 15) is 0 Å². The molecule has 0 saturated heterocycles. The molecule has 0 radical (unpaired) electrons. The van der Waals surface area contributed by atoms with Gasteiger partial charge in [-0.25, -0.2) is 0 Å². The third kappa shape index (κ3) is 1.55. The van der Waals surface area contributed by atoms with Crippen LogP contribution in [0.1, 0.15) is 44.9 Å². The average Bonchev–Trinajstić information content (AvgIpc) is 2.72. The van der Waals surface area contributed by atoms with Gasteiger partial charge in [-0.05, 0) is 37.5 Å². The molecule has 3 aliphatic carbocycles. The Balaban J connectivity index is 1.62. The number of aliphatic imine (C=N–C) groups is 1. The highest BCUT2D eigenvalue weighted by molar-refractivity contribution is 5.83. The van der Waals surface area contributed by atoms with Crippen LogP contribution in [0.5, 0.6) is 0 Å². The number of hydrogen-bond donors (Lipinski definition) is 1. The highest BCUT2D eigenvalue weighted by Crippen LogP contribution is 2.41. The van der Waals surface area contributed by atoms with Crippen LogP contribution in [-0.4, -0.2) is 18.4 Å². The van der Waals surface area contributed by atoms with Gasteiger partial charge in [0.15, 0.2) is 0 Å². The molecule has 0 spiro atoms. The molecule has 78 valence electrons. The first-order valence-corrected chi connectivity index (χ1v) is 6.21. The molecular weight excluding hydrogens is 172 g/mol. The van der Waals surface area contributed by atoms with Crippen molar-refractivity contribution in [3.8, 4) is 0 Å². The summed E-state index contributed by atoms with van der Waals surface area (Å²) in [5.41, 5.74) is 0. The summed E-state index contributed by atoms with van der Waals surface area (Å²) in [7, 11) is 0. The lowest BCUT2D eigenvalue weighted by Crippen LogP contribution is -2.46. The molecular formula is C12H20N2. The number of amidine groups is 1. The van der Waals surface area contributed by atoms with E-state index in [-0.39, 0.29) is 0 Å². The number of nitrogens with zero attached hydrogens (tertiary/aromatic N) is 1. The minimum Gasteiger partial charge on any atom is -0.371 e. The molecule has 4 aliphatic rings. The molecule has 1 N–H and O–H groups in total. The molecule has 1 heterocycles. The van der Waals surface area contributed by atoms with Gasteiger partial charge in [-0.1, -0.05) is 12.8 Å². The molecule has 2 heteroatoms. The van der Waals surface area contributed by atoms with Crippen LogP contribution in [0.4, 0.5) is 0 Å². The molecule has 2 bridgehead atoms. The van der Waals surface area contributed by atoms with Crippen molar-refractivity contribution in [3.05, 3.63) is 0 Å². The van der Waals surface area contributed by atoms with Gasteiger partial charge in [-0.3, -0.25) is 4.99 Å². The Morgan fingerprint density at radius 1 is 1.14 bits per heavy atom. The van der Waals surface area contributed by atoms with E-state index >= 15 is 0 Å². The van der Waals surface area contributed by atoms with Crippen LogP contribution in [0.25, 0.3) is 0 Å². The summed E-state index contributed by atoms with van der Waals surface area (Å²) >= 11 is 0. The molecule has 0 aromatic heterocycles. The summed E-state index contributed by atoms with van der Waals surface area (Å²) in [5, 5.41) is 3.70. The smallest absolute Gasteiger partial charge is 0.0965 e. The second-order valence-corrected chi connectivity index (χ2v) is 5.20. The maximum Gasteiger partial charge on any atom is 0.0965 e. The van der Waals surface area contributed by atoms with E-state index in [1.54, 1.807) is 0 Å². The van der Waals surface area contributed by atoms with Crippen LogP contribution in [-0.2, 0) is 0 Å². The lowest BCUT2D eigenvalue weighted by atomic mass is 9.68. The van der Waals surface area contributed by atoms with Crippen LogP contribution in [0.2, 0.25) is 0 Å². The van der Waals surface area contributed by atoms with Crippen LogP contribution in [0.3, 0.4) is 0 Å². The molecule has 1 unspecified atom stereocenters. The van der Waals surface area contributed by atoms with Crippen LogP contribution >= 0.6 is 0 Å². The monoisotopic (exact) mass is 192 g/mol. The van der Waals surface area contributed by atoms with Crippen molar-refractivity contribution in [3.63, 3.8) is 0 Å². The van der Waals surface area contributed by atoms with Crippen molar-refractivity contribution in [2.24, 2.45) is 16.8 Å². The predicted octanol–water partition coefficient (Wildman–Crippen LogP) is 2.35. The predicted molar refractivity (Wildman–Crippen MR) is 58.5 cm³/mol. The summed E-state index contributed by atoms with van der Waals surface area (Å²) in [6.07, 6.45) is 9.82. The fourth-order valence-corrected chi connectivity index (χ4v) is 3.43. The topological polar surface area (TPSA) is 24.4 Å². The largest absolute Gasteiger partial charge is 0.371 e. The normalized spacial score (nSPS) is 41.1. The first kappa shape index (κ1) is 8.75. The molecule has 0 aromatic rings. The summed E-state index contributed by atoms with van der Waals surface area (Å²) in [6.45, 7) is 1.06. The number of fused-ring (bicyclic) bond motifs is 3. The van der Waals surface area contributed by atoms with Gasteiger partial charge in [-0.15, -0.1) is 0 Å². The zero-order valence-corrected chi connectivity index (χ0v) is 8.84. The van der Waals surface area contributed by atoms with Crippen molar-refractivity contribution in [1.82, 2.24) is 5.32 Å². The van der Waals surface area contributed by atoms with Crippen molar-refractivity contribution in [2.75, 3.05) is 6.54 Å². The molecule has 1 atom stereocenters. The second-order valence-electron chi connectivity index (χ2n) is 5.20. The summed E-state index contributed by atoms with van der Waals surface area (Å²) < 4.78 is 0. The standard InChI is InChI=1S/C12H20N2/c1-2-12(13-7-1)14-11-8-9-3-5-10(11)6-4-9/h9-11H,1-8H2,(H,13,14). The average molecular weight is 192 g/mol. The van der Waals surface area contributed by atoms with Crippen LogP contribution < -0.4 is 5.32 Å².